The van der Waals surface area contributed by atoms with Crippen LogP contribution in [0.1, 0.15) is 45.1 Å². The number of hydrogen-bond acceptors (Lipinski definition) is 2. The van der Waals surface area contributed by atoms with Crippen molar-refractivity contribution in [3.05, 3.63) is 36.0 Å². The first-order valence-electron chi connectivity index (χ1n) is 8.37. The fourth-order valence-electron chi connectivity index (χ4n) is 3.40. The number of amides is 1. The lowest BCUT2D eigenvalue weighted by molar-refractivity contribution is 0.0205. The Kier molecular flexibility index (Phi) is 4.09. The van der Waals surface area contributed by atoms with Crippen LogP contribution in [-0.2, 0) is 11.8 Å². The summed E-state index contributed by atoms with van der Waals surface area (Å²) in [5, 5.41) is 1.34. The third-order valence-electron chi connectivity index (χ3n) is 4.51. The lowest BCUT2D eigenvalue weighted by atomic mass is 9.89. The molecule has 0 bridgehead atoms. The second kappa shape index (κ2) is 5.91. The van der Waals surface area contributed by atoms with E-state index in [9.17, 15) is 4.79 Å². The number of nitrogens with zero attached hydrogens (tertiary/aromatic N) is 2. The van der Waals surface area contributed by atoms with Gasteiger partial charge < -0.3 is 14.2 Å². The summed E-state index contributed by atoms with van der Waals surface area (Å²) in [7, 11) is 2.10. The molecule has 3 rings (SSSR count). The summed E-state index contributed by atoms with van der Waals surface area (Å²) in [6.45, 7) is 7.26. The van der Waals surface area contributed by atoms with Crippen LogP contribution >= 0.6 is 0 Å². The van der Waals surface area contributed by atoms with E-state index in [1.165, 1.54) is 16.5 Å². The van der Waals surface area contributed by atoms with Crippen molar-refractivity contribution in [1.29, 1.82) is 0 Å². The standard InChI is InChI=1S/C19H26N2O2/c1-19(2,3)23-18(22)21-11-9-14(10-12-21)16-13-20(4)17-8-6-5-7-15(16)17/h5-8,13-14H,9-12H2,1-4H3. The van der Waals surface area contributed by atoms with E-state index in [1.807, 2.05) is 25.7 Å². The van der Waals surface area contributed by atoms with Gasteiger partial charge in [0.15, 0.2) is 0 Å². The molecule has 124 valence electrons. The Morgan fingerprint density at radius 1 is 1.17 bits per heavy atom. The first kappa shape index (κ1) is 15.9. The zero-order valence-electron chi connectivity index (χ0n) is 14.5. The molecular formula is C19H26N2O2. The molecule has 2 heterocycles. The van der Waals surface area contributed by atoms with Gasteiger partial charge in [0.05, 0.1) is 0 Å². The predicted molar refractivity (Wildman–Crippen MR) is 92.7 cm³/mol. The Morgan fingerprint density at radius 2 is 1.83 bits per heavy atom. The number of piperidine rings is 1. The van der Waals surface area contributed by atoms with Gasteiger partial charge in [-0.05, 0) is 51.2 Å². The van der Waals surface area contributed by atoms with Crippen LogP contribution in [0, 0.1) is 0 Å². The molecule has 0 aliphatic carbocycles. The van der Waals surface area contributed by atoms with Crippen LogP contribution in [0.2, 0.25) is 0 Å². The fraction of sp³-hybridized carbons (Fsp3) is 0.526. The van der Waals surface area contributed by atoms with Crippen molar-refractivity contribution in [3.8, 4) is 0 Å². The highest BCUT2D eigenvalue weighted by Crippen LogP contribution is 2.34. The van der Waals surface area contributed by atoms with Crippen LogP contribution in [0.4, 0.5) is 4.79 Å². The van der Waals surface area contributed by atoms with Crippen LogP contribution in [0.3, 0.4) is 0 Å². The lowest BCUT2D eigenvalue weighted by Gasteiger charge is -2.33. The zero-order valence-corrected chi connectivity index (χ0v) is 14.5. The number of aryl methyl sites for hydroxylation is 1. The van der Waals surface area contributed by atoms with E-state index >= 15 is 0 Å². The van der Waals surface area contributed by atoms with Gasteiger partial charge >= 0.3 is 6.09 Å². The third-order valence-corrected chi connectivity index (χ3v) is 4.51. The maximum Gasteiger partial charge on any atom is 0.410 e. The molecule has 1 saturated heterocycles. The van der Waals surface area contributed by atoms with Gasteiger partial charge in [-0.3, -0.25) is 0 Å². The summed E-state index contributed by atoms with van der Waals surface area (Å²) in [5.74, 6) is 0.514. The van der Waals surface area contributed by atoms with Gasteiger partial charge in [-0.25, -0.2) is 4.79 Å². The molecule has 0 spiro atoms. The van der Waals surface area contributed by atoms with E-state index in [0.29, 0.717) is 5.92 Å². The molecule has 4 nitrogen and oxygen atoms in total. The minimum Gasteiger partial charge on any atom is -0.444 e. The second-order valence-corrected chi connectivity index (χ2v) is 7.45. The summed E-state index contributed by atoms with van der Waals surface area (Å²) >= 11 is 0. The molecule has 0 N–H and O–H groups in total. The highest BCUT2D eigenvalue weighted by molar-refractivity contribution is 5.84. The van der Waals surface area contributed by atoms with Gasteiger partial charge in [-0.2, -0.15) is 0 Å². The molecule has 1 amide bonds. The quantitative estimate of drug-likeness (QED) is 0.787. The first-order valence-corrected chi connectivity index (χ1v) is 8.37. The number of para-hydroxylation sites is 1. The van der Waals surface area contributed by atoms with E-state index < -0.39 is 5.60 Å². The third kappa shape index (κ3) is 3.36. The first-order chi connectivity index (χ1) is 10.8. The molecule has 0 unspecified atom stereocenters. The monoisotopic (exact) mass is 314 g/mol. The summed E-state index contributed by atoms with van der Waals surface area (Å²) in [6, 6.07) is 8.54. The Hall–Kier alpha value is -1.97. The highest BCUT2D eigenvalue weighted by Gasteiger charge is 2.28. The van der Waals surface area contributed by atoms with Crippen molar-refractivity contribution in [2.24, 2.45) is 7.05 Å². The molecule has 2 aromatic rings. The number of carbonyl (C=O) groups excluding carboxylic acids is 1. The van der Waals surface area contributed by atoms with E-state index in [-0.39, 0.29) is 6.09 Å². The van der Waals surface area contributed by atoms with Crippen LogP contribution in [-0.4, -0.2) is 34.3 Å². The molecule has 0 atom stereocenters. The number of likely N-dealkylation sites (tertiary alicyclic amines) is 1. The van der Waals surface area contributed by atoms with Crippen molar-refractivity contribution in [3.63, 3.8) is 0 Å². The fourth-order valence-corrected chi connectivity index (χ4v) is 3.40. The molecule has 1 fully saturated rings. The van der Waals surface area contributed by atoms with Crippen molar-refractivity contribution >= 4 is 17.0 Å². The predicted octanol–water partition coefficient (Wildman–Crippen LogP) is 4.29. The van der Waals surface area contributed by atoms with Gasteiger partial charge in [0.2, 0.25) is 0 Å². The van der Waals surface area contributed by atoms with Gasteiger partial charge in [0, 0.05) is 37.2 Å². The van der Waals surface area contributed by atoms with Crippen molar-refractivity contribution < 1.29 is 9.53 Å². The Morgan fingerprint density at radius 3 is 2.48 bits per heavy atom. The van der Waals surface area contributed by atoms with Gasteiger partial charge in [-0.15, -0.1) is 0 Å². The highest BCUT2D eigenvalue weighted by atomic mass is 16.6. The van der Waals surface area contributed by atoms with Crippen LogP contribution in [0.25, 0.3) is 10.9 Å². The number of aromatic nitrogens is 1. The Labute approximate surface area is 138 Å². The van der Waals surface area contributed by atoms with Crippen molar-refractivity contribution in [1.82, 2.24) is 9.47 Å². The minimum atomic E-state index is -0.427. The summed E-state index contributed by atoms with van der Waals surface area (Å²) in [6.07, 6.45) is 4.05. The largest absolute Gasteiger partial charge is 0.444 e. The smallest absolute Gasteiger partial charge is 0.410 e. The summed E-state index contributed by atoms with van der Waals surface area (Å²) < 4.78 is 7.67. The Bertz CT molecular complexity index is 704. The Balaban J connectivity index is 1.70. The normalized spacial score (nSPS) is 16.8. The number of rotatable bonds is 1. The molecule has 23 heavy (non-hydrogen) atoms. The molecule has 0 radical (unpaired) electrons. The zero-order chi connectivity index (χ0) is 16.6. The van der Waals surface area contributed by atoms with Crippen LogP contribution in [0.5, 0.6) is 0 Å². The topological polar surface area (TPSA) is 34.5 Å². The number of fused-ring (bicyclic) bond motifs is 1. The van der Waals surface area contributed by atoms with E-state index in [4.69, 9.17) is 4.74 Å². The lowest BCUT2D eigenvalue weighted by Crippen LogP contribution is -2.41. The van der Waals surface area contributed by atoms with E-state index in [0.717, 1.165) is 25.9 Å². The number of carbonyl (C=O) groups is 1. The minimum absolute atomic E-state index is 0.186. The van der Waals surface area contributed by atoms with Crippen LogP contribution < -0.4 is 0 Å². The van der Waals surface area contributed by atoms with E-state index in [1.54, 1.807) is 0 Å². The molecule has 1 aliphatic rings. The molecule has 1 aromatic carbocycles. The SMILES string of the molecule is Cn1cc(C2CCN(C(=O)OC(C)(C)C)CC2)c2ccccc21. The number of ether oxygens (including phenoxy) is 1. The van der Waals surface area contributed by atoms with Crippen molar-refractivity contribution in [2.45, 2.75) is 45.1 Å². The van der Waals surface area contributed by atoms with Crippen molar-refractivity contribution in [2.75, 3.05) is 13.1 Å². The molecule has 0 saturated carbocycles. The maximum absolute atomic E-state index is 12.2. The molecule has 1 aromatic heterocycles. The van der Waals surface area contributed by atoms with Gasteiger partial charge in [0.25, 0.3) is 0 Å². The average Bonchev–Trinajstić information content (AvgIpc) is 2.83. The van der Waals surface area contributed by atoms with E-state index in [2.05, 4.69) is 42.1 Å². The summed E-state index contributed by atoms with van der Waals surface area (Å²) in [4.78, 5) is 14.0. The summed E-state index contributed by atoms with van der Waals surface area (Å²) in [5.41, 5.74) is 2.26. The molecule has 1 aliphatic heterocycles. The second-order valence-electron chi connectivity index (χ2n) is 7.45. The van der Waals surface area contributed by atoms with Crippen LogP contribution in [0.15, 0.2) is 30.5 Å². The van der Waals surface area contributed by atoms with Gasteiger partial charge in [0.1, 0.15) is 5.60 Å². The molecule has 4 heteroatoms. The molecular weight excluding hydrogens is 288 g/mol. The number of hydrogen-bond donors (Lipinski definition) is 0. The number of benzene rings is 1. The maximum atomic E-state index is 12.2. The van der Waals surface area contributed by atoms with Gasteiger partial charge in [-0.1, -0.05) is 18.2 Å². The average molecular weight is 314 g/mol.